The Morgan fingerprint density at radius 2 is 2.29 bits per heavy atom. The first-order chi connectivity index (χ1) is 8.24. The minimum atomic E-state index is -0.840. The SMILES string of the molecule is O=c1[nH]cc(-c2cn3cnnc3cn2)cc1F. The lowest BCUT2D eigenvalue weighted by Crippen LogP contribution is -2.09. The summed E-state index contributed by atoms with van der Waals surface area (Å²) in [4.78, 5) is 17.3. The number of aromatic amines is 1. The van der Waals surface area contributed by atoms with Crippen LogP contribution in [0.15, 0.2) is 35.8 Å². The Hall–Kier alpha value is -2.57. The fraction of sp³-hybridized carbons (Fsp3) is 0. The van der Waals surface area contributed by atoms with Gasteiger partial charge < -0.3 is 4.98 Å². The van der Waals surface area contributed by atoms with Crippen molar-refractivity contribution >= 4 is 5.65 Å². The third-order valence-corrected chi connectivity index (χ3v) is 2.33. The van der Waals surface area contributed by atoms with Crippen LogP contribution in [0.2, 0.25) is 0 Å². The second-order valence-electron chi connectivity index (χ2n) is 3.43. The molecule has 0 spiro atoms. The summed E-state index contributed by atoms with van der Waals surface area (Å²) in [5.41, 5.74) is 0.850. The molecular weight excluding hydrogens is 225 g/mol. The maximum absolute atomic E-state index is 13.1. The molecule has 6 nitrogen and oxygen atoms in total. The Bertz CT molecular complexity index is 748. The number of hydrogen-bond donors (Lipinski definition) is 1. The fourth-order valence-electron chi connectivity index (χ4n) is 1.49. The average Bonchev–Trinajstić information content (AvgIpc) is 2.79. The number of fused-ring (bicyclic) bond motifs is 1. The predicted molar refractivity (Wildman–Crippen MR) is 56.8 cm³/mol. The maximum atomic E-state index is 13.1. The Kier molecular flexibility index (Phi) is 1.97. The molecule has 3 rings (SSSR count). The molecule has 0 aliphatic rings. The summed E-state index contributed by atoms with van der Waals surface area (Å²) >= 11 is 0. The molecule has 7 heteroatoms. The summed E-state index contributed by atoms with van der Waals surface area (Å²) in [5, 5.41) is 7.51. The molecule has 17 heavy (non-hydrogen) atoms. The lowest BCUT2D eigenvalue weighted by molar-refractivity contribution is 0.609. The van der Waals surface area contributed by atoms with Crippen LogP contribution in [0, 0.1) is 5.82 Å². The lowest BCUT2D eigenvalue weighted by atomic mass is 10.2. The van der Waals surface area contributed by atoms with Gasteiger partial charge in [-0.05, 0) is 6.07 Å². The summed E-state index contributed by atoms with van der Waals surface area (Å²) in [6.45, 7) is 0. The van der Waals surface area contributed by atoms with Gasteiger partial charge >= 0.3 is 0 Å². The highest BCUT2D eigenvalue weighted by atomic mass is 19.1. The number of pyridine rings is 1. The van der Waals surface area contributed by atoms with Crippen molar-refractivity contribution in [2.45, 2.75) is 0 Å². The maximum Gasteiger partial charge on any atom is 0.283 e. The van der Waals surface area contributed by atoms with Crippen LogP contribution in [-0.4, -0.2) is 24.6 Å². The van der Waals surface area contributed by atoms with E-state index in [1.807, 2.05) is 0 Å². The highest BCUT2D eigenvalue weighted by molar-refractivity contribution is 5.58. The van der Waals surface area contributed by atoms with Gasteiger partial charge in [0.1, 0.15) is 6.33 Å². The summed E-state index contributed by atoms with van der Waals surface area (Å²) in [5.74, 6) is -0.840. The molecule has 0 amide bonds. The first kappa shape index (κ1) is 9.64. The summed E-state index contributed by atoms with van der Waals surface area (Å²) in [6.07, 6.45) is 6.10. The van der Waals surface area contributed by atoms with Crippen LogP contribution < -0.4 is 5.56 Å². The van der Waals surface area contributed by atoms with Crippen molar-refractivity contribution in [1.82, 2.24) is 24.6 Å². The summed E-state index contributed by atoms with van der Waals surface area (Å²) < 4.78 is 14.8. The number of nitrogens with zero attached hydrogens (tertiary/aromatic N) is 4. The number of rotatable bonds is 1. The molecule has 1 N–H and O–H groups in total. The molecule has 0 saturated heterocycles. The Balaban J connectivity index is 2.19. The first-order valence-corrected chi connectivity index (χ1v) is 4.78. The summed E-state index contributed by atoms with van der Waals surface area (Å²) in [7, 11) is 0. The number of nitrogens with one attached hydrogen (secondary N) is 1. The van der Waals surface area contributed by atoms with E-state index in [1.54, 1.807) is 10.6 Å². The fourth-order valence-corrected chi connectivity index (χ4v) is 1.49. The summed E-state index contributed by atoms with van der Waals surface area (Å²) in [6, 6.07) is 1.14. The van der Waals surface area contributed by atoms with Gasteiger partial charge in [-0.25, -0.2) is 4.39 Å². The van der Waals surface area contributed by atoms with Gasteiger partial charge in [0.05, 0.1) is 11.9 Å². The molecular formula is C10H6FN5O. The predicted octanol–water partition coefficient (Wildman–Crippen LogP) is 0.619. The lowest BCUT2D eigenvalue weighted by Gasteiger charge is -2.00. The van der Waals surface area contributed by atoms with E-state index < -0.39 is 11.4 Å². The molecule has 0 fully saturated rings. The van der Waals surface area contributed by atoms with Gasteiger partial charge in [-0.15, -0.1) is 10.2 Å². The molecule has 3 aromatic rings. The van der Waals surface area contributed by atoms with Crippen molar-refractivity contribution in [3.63, 3.8) is 0 Å². The van der Waals surface area contributed by atoms with Crippen LogP contribution in [0.3, 0.4) is 0 Å². The second kappa shape index (κ2) is 3.48. The van der Waals surface area contributed by atoms with E-state index in [4.69, 9.17) is 0 Å². The molecule has 84 valence electrons. The van der Waals surface area contributed by atoms with Gasteiger partial charge in [-0.3, -0.25) is 14.2 Å². The average molecular weight is 231 g/mol. The van der Waals surface area contributed by atoms with Crippen molar-refractivity contribution in [3.05, 3.63) is 47.2 Å². The minimum Gasteiger partial charge on any atom is -0.326 e. The molecule has 0 aromatic carbocycles. The number of halogens is 1. The molecule has 0 saturated carbocycles. The molecule has 0 radical (unpaired) electrons. The van der Waals surface area contributed by atoms with Gasteiger partial charge in [-0.1, -0.05) is 0 Å². The van der Waals surface area contributed by atoms with E-state index in [-0.39, 0.29) is 0 Å². The molecule has 3 heterocycles. The van der Waals surface area contributed by atoms with Crippen molar-refractivity contribution in [2.75, 3.05) is 0 Å². The van der Waals surface area contributed by atoms with Gasteiger partial charge in [0.2, 0.25) is 0 Å². The number of hydrogen-bond acceptors (Lipinski definition) is 4. The van der Waals surface area contributed by atoms with E-state index in [0.717, 1.165) is 6.07 Å². The van der Waals surface area contributed by atoms with Gasteiger partial charge in [0.25, 0.3) is 5.56 Å². The minimum absolute atomic E-state index is 0.484. The quantitative estimate of drug-likeness (QED) is 0.666. The van der Waals surface area contributed by atoms with Crippen LogP contribution in [0.4, 0.5) is 4.39 Å². The smallest absolute Gasteiger partial charge is 0.283 e. The zero-order chi connectivity index (χ0) is 11.8. The number of H-pyrrole nitrogens is 1. The van der Waals surface area contributed by atoms with E-state index in [2.05, 4.69) is 20.2 Å². The van der Waals surface area contributed by atoms with Gasteiger partial charge in [0.15, 0.2) is 11.5 Å². The van der Waals surface area contributed by atoms with Crippen LogP contribution in [0.25, 0.3) is 16.9 Å². The van der Waals surface area contributed by atoms with E-state index >= 15 is 0 Å². The largest absolute Gasteiger partial charge is 0.326 e. The standard InChI is InChI=1S/C10H6FN5O/c11-7-1-6(2-13-10(7)17)8-4-16-5-14-15-9(16)3-12-8/h1-5H,(H,13,17). The van der Waals surface area contributed by atoms with Crippen LogP contribution >= 0.6 is 0 Å². The number of aromatic nitrogens is 5. The van der Waals surface area contributed by atoms with E-state index in [1.165, 1.54) is 18.7 Å². The van der Waals surface area contributed by atoms with E-state index in [9.17, 15) is 9.18 Å². The second-order valence-corrected chi connectivity index (χ2v) is 3.43. The van der Waals surface area contributed by atoms with Crippen LogP contribution in [-0.2, 0) is 0 Å². The normalized spacial score (nSPS) is 10.9. The highest BCUT2D eigenvalue weighted by Crippen LogP contribution is 2.15. The van der Waals surface area contributed by atoms with Crippen molar-refractivity contribution < 1.29 is 4.39 Å². The zero-order valence-electron chi connectivity index (χ0n) is 8.46. The third-order valence-electron chi connectivity index (χ3n) is 2.33. The van der Waals surface area contributed by atoms with Crippen LogP contribution in [0.5, 0.6) is 0 Å². The third kappa shape index (κ3) is 1.57. The van der Waals surface area contributed by atoms with Gasteiger partial charge in [0, 0.05) is 18.0 Å². The van der Waals surface area contributed by atoms with E-state index in [0.29, 0.717) is 16.9 Å². The highest BCUT2D eigenvalue weighted by Gasteiger charge is 2.05. The molecule has 0 aliphatic heterocycles. The Labute approximate surface area is 93.8 Å². The Morgan fingerprint density at radius 1 is 1.41 bits per heavy atom. The molecule has 0 unspecified atom stereocenters. The topological polar surface area (TPSA) is 75.9 Å². The first-order valence-electron chi connectivity index (χ1n) is 4.78. The Morgan fingerprint density at radius 3 is 3.12 bits per heavy atom. The molecule has 0 atom stereocenters. The molecule has 0 aliphatic carbocycles. The van der Waals surface area contributed by atoms with Crippen molar-refractivity contribution in [2.24, 2.45) is 0 Å². The van der Waals surface area contributed by atoms with Gasteiger partial charge in [-0.2, -0.15) is 0 Å². The van der Waals surface area contributed by atoms with Crippen LogP contribution in [0.1, 0.15) is 0 Å². The van der Waals surface area contributed by atoms with Crippen molar-refractivity contribution in [1.29, 1.82) is 0 Å². The zero-order valence-corrected chi connectivity index (χ0v) is 8.46. The molecule has 3 aromatic heterocycles. The molecule has 0 bridgehead atoms. The monoisotopic (exact) mass is 231 g/mol. The van der Waals surface area contributed by atoms with Crippen molar-refractivity contribution in [3.8, 4) is 11.3 Å².